The molecule has 0 aromatic heterocycles. The quantitative estimate of drug-likeness (QED) is 0.0912. The van der Waals surface area contributed by atoms with E-state index in [0.29, 0.717) is 32.1 Å². The van der Waals surface area contributed by atoms with Gasteiger partial charge in [-0.15, -0.1) is 0 Å². The van der Waals surface area contributed by atoms with Crippen molar-refractivity contribution >= 4 is 11.9 Å². The molecule has 0 radical (unpaired) electrons. The lowest BCUT2D eigenvalue weighted by Gasteiger charge is -2.50. The number of aliphatic hydroxyl groups is 11. The van der Waals surface area contributed by atoms with Gasteiger partial charge in [-0.1, -0.05) is 0 Å². The van der Waals surface area contributed by atoms with Crippen molar-refractivity contribution in [3.8, 4) is 0 Å². The second kappa shape index (κ2) is 15.5. The molecule has 0 spiro atoms. The number of cyclic esters (lactones) is 2. The highest BCUT2D eigenvalue weighted by Crippen LogP contribution is 2.43. The fourth-order valence-electron chi connectivity index (χ4n) is 8.02. The van der Waals surface area contributed by atoms with Crippen molar-refractivity contribution in [1.82, 2.24) is 0 Å². The minimum atomic E-state index is -2.01. The molecular weight excluding hydrogens is 660 g/mol. The van der Waals surface area contributed by atoms with E-state index >= 15 is 0 Å². The third-order valence-corrected chi connectivity index (χ3v) is 10.8. The molecule has 4 saturated heterocycles. The van der Waals surface area contributed by atoms with Crippen LogP contribution >= 0.6 is 0 Å². The Morgan fingerprint density at radius 2 is 1.10 bits per heavy atom. The molecule has 17 atom stereocenters. The number of aliphatic hydroxyl groups excluding tert-OH is 9. The maximum absolute atomic E-state index is 12.5. The Morgan fingerprint density at radius 1 is 0.551 bits per heavy atom. The molecule has 6 aliphatic rings. The third-order valence-electron chi connectivity index (χ3n) is 10.8. The number of carbonyl (C=O) groups excluding carboxylic acids is 2. The van der Waals surface area contributed by atoms with Crippen LogP contribution in [-0.4, -0.2) is 180 Å². The van der Waals surface area contributed by atoms with Crippen molar-refractivity contribution in [3.63, 3.8) is 0 Å². The molecule has 0 aromatic rings. The highest BCUT2D eigenvalue weighted by Gasteiger charge is 2.56. The van der Waals surface area contributed by atoms with Crippen molar-refractivity contribution < 1.29 is 88.7 Å². The predicted molar refractivity (Wildman–Crippen MR) is 157 cm³/mol. The van der Waals surface area contributed by atoms with Crippen LogP contribution in [0.5, 0.6) is 0 Å². The molecule has 2 aliphatic carbocycles. The first kappa shape index (κ1) is 37.1. The number of hydrogen-bond acceptors (Lipinski definition) is 17. The van der Waals surface area contributed by atoms with Crippen LogP contribution in [0, 0.1) is 11.8 Å². The maximum atomic E-state index is 12.5. The topological polar surface area (TPSA) is 284 Å². The predicted octanol–water partition coefficient (Wildman–Crippen LogP) is -4.79. The summed E-state index contributed by atoms with van der Waals surface area (Å²) >= 11 is 0. The normalized spacial score (nSPS) is 52.0. The summed E-state index contributed by atoms with van der Waals surface area (Å²) < 4.78 is 39.4. The van der Waals surface area contributed by atoms with Crippen molar-refractivity contribution in [3.05, 3.63) is 0 Å². The zero-order valence-electron chi connectivity index (χ0n) is 26.8. The van der Waals surface area contributed by atoms with Gasteiger partial charge in [0, 0.05) is 18.8 Å². The maximum Gasteiger partial charge on any atom is 0.335 e. The number of rotatable bonds is 1. The summed E-state index contributed by atoms with van der Waals surface area (Å²) in [5.74, 6) is -2.86. The highest BCUT2D eigenvalue weighted by atomic mass is 16.7. The van der Waals surface area contributed by atoms with Gasteiger partial charge in [0.25, 0.3) is 0 Å². The SMILES string of the molecule is O=C1CC(O)C(=O)OCC2OC(OC3CC(O)CC4[OH+]C(C5CCC(O)CC5)C(CC34)OC3OC(CO1)C(O)C(O)C3O)C(O)C(O)C2O. The number of esters is 2. The Bertz CT molecular complexity index is 1140. The van der Waals surface area contributed by atoms with E-state index in [-0.39, 0.29) is 18.8 Å². The summed E-state index contributed by atoms with van der Waals surface area (Å²) in [6.45, 7) is -1.32. The van der Waals surface area contributed by atoms with Gasteiger partial charge in [-0.05, 0) is 32.1 Å². The largest absolute Gasteiger partial charge is 0.463 e. The van der Waals surface area contributed by atoms with Crippen LogP contribution in [0.2, 0.25) is 0 Å². The van der Waals surface area contributed by atoms with E-state index in [4.69, 9.17) is 33.2 Å². The van der Waals surface area contributed by atoms with E-state index in [0.717, 1.165) is 0 Å². The van der Waals surface area contributed by atoms with Gasteiger partial charge in [0.15, 0.2) is 30.9 Å². The molecule has 2 saturated carbocycles. The average molecular weight is 710 g/mol. The minimum absolute atomic E-state index is 0.0404. The van der Waals surface area contributed by atoms with Crippen molar-refractivity contribution in [2.24, 2.45) is 11.8 Å². The van der Waals surface area contributed by atoms with E-state index in [2.05, 4.69) is 0 Å². The summed E-state index contributed by atoms with van der Waals surface area (Å²) in [4.78, 5) is 24.9. The van der Waals surface area contributed by atoms with Crippen molar-refractivity contribution in [2.45, 2.75) is 156 Å². The first-order valence-electron chi connectivity index (χ1n) is 17.1. The van der Waals surface area contributed by atoms with Crippen LogP contribution in [-0.2, 0) is 38.0 Å². The number of fused-ring (bicyclic) bond motifs is 5. The van der Waals surface area contributed by atoms with Gasteiger partial charge in [-0.25, -0.2) is 4.79 Å². The van der Waals surface area contributed by atoms with Crippen molar-refractivity contribution in [1.29, 1.82) is 0 Å². The molecule has 280 valence electrons. The molecule has 49 heavy (non-hydrogen) atoms. The van der Waals surface area contributed by atoms with Gasteiger partial charge in [0.2, 0.25) is 0 Å². The van der Waals surface area contributed by atoms with Crippen LogP contribution in [0.25, 0.3) is 0 Å². The monoisotopic (exact) mass is 709 g/mol. The van der Waals surface area contributed by atoms with Crippen LogP contribution in [0.4, 0.5) is 0 Å². The lowest BCUT2D eigenvalue weighted by molar-refractivity contribution is -0.366. The van der Waals surface area contributed by atoms with Gasteiger partial charge < -0.3 is 79.1 Å². The van der Waals surface area contributed by atoms with E-state index in [1.807, 2.05) is 0 Å². The molecule has 17 unspecified atom stereocenters. The molecule has 6 bridgehead atoms. The molecule has 18 nitrogen and oxygen atoms in total. The van der Waals surface area contributed by atoms with E-state index in [9.17, 15) is 55.5 Å². The highest BCUT2D eigenvalue weighted by molar-refractivity contribution is 5.81. The van der Waals surface area contributed by atoms with Crippen LogP contribution < -0.4 is 0 Å². The van der Waals surface area contributed by atoms with E-state index < -0.39 is 142 Å². The zero-order chi connectivity index (χ0) is 35.1. The van der Waals surface area contributed by atoms with E-state index in [1.165, 1.54) is 0 Å². The lowest BCUT2D eigenvalue weighted by Crippen LogP contribution is -2.64. The fraction of sp³-hybridized carbons (Fsp3) is 0.935. The summed E-state index contributed by atoms with van der Waals surface area (Å²) in [6.07, 6.45) is -20.0. The fourth-order valence-corrected chi connectivity index (χ4v) is 8.02. The standard InChI is InChI=1S/C31H48O18/c32-12-3-1-11(2-4-12)28-18-7-14-16(45-28)5-13(33)6-17(14)46-30-26(40)25(39)23(37)20(49-30)10-44-29(42)15(34)8-21(35)43-9-19-22(36)24(38)27(41)31(47-18)48-19/h11-20,22-28,30-34,36-41H,1-10H2/p+1. The zero-order valence-corrected chi connectivity index (χ0v) is 26.8. The molecule has 6 rings (SSSR count). The van der Waals surface area contributed by atoms with Gasteiger partial charge in [-0.2, -0.15) is 0 Å². The van der Waals surface area contributed by atoms with Gasteiger partial charge in [0.05, 0.1) is 30.7 Å². The summed E-state index contributed by atoms with van der Waals surface area (Å²) in [5.41, 5.74) is 0. The van der Waals surface area contributed by atoms with Gasteiger partial charge in [-0.3, -0.25) is 4.79 Å². The summed E-state index contributed by atoms with van der Waals surface area (Å²) in [5, 5.41) is 95.6. The summed E-state index contributed by atoms with van der Waals surface area (Å²) in [6, 6.07) is 0. The Labute approximate surface area is 281 Å². The third kappa shape index (κ3) is 8.07. The first-order chi connectivity index (χ1) is 23.3. The Kier molecular flexibility index (Phi) is 11.8. The number of ether oxygens (including phenoxy) is 7. The Morgan fingerprint density at radius 3 is 1.71 bits per heavy atom. The van der Waals surface area contributed by atoms with Gasteiger partial charge >= 0.3 is 11.9 Å². The number of carbonyl (C=O) groups is 2. The minimum Gasteiger partial charge on any atom is -0.463 e. The van der Waals surface area contributed by atoms with Crippen LogP contribution in [0.3, 0.4) is 0 Å². The Hall–Kier alpha value is -1.62. The molecule has 10 N–H and O–H groups in total. The van der Waals surface area contributed by atoms with Crippen molar-refractivity contribution in [2.75, 3.05) is 13.2 Å². The first-order valence-corrected chi connectivity index (χ1v) is 17.1. The molecule has 0 amide bonds. The smallest absolute Gasteiger partial charge is 0.335 e. The summed E-state index contributed by atoms with van der Waals surface area (Å²) in [7, 11) is 0. The second-order valence-electron chi connectivity index (χ2n) is 14.2. The lowest BCUT2D eigenvalue weighted by atomic mass is 9.73. The molecular formula is C31H49O18+. The van der Waals surface area contributed by atoms with Gasteiger partial charge in [0.1, 0.15) is 68.1 Å². The molecule has 18 heteroatoms. The van der Waals surface area contributed by atoms with E-state index in [1.54, 1.807) is 0 Å². The molecule has 4 heterocycles. The average Bonchev–Trinajstić information content (AvgIpc) is 3.07. The molecule has 4 aliphatic heterocycles. The van der Waals surface area contributed by atoms with Crippen LogP contribution in [0.15, 0.2) is 0 Å². The second-order valence-corrected chi connectivity index (χ2v) is 14.2. The Balaban J connectivity index is 1.31. The number of hydrogen-bond donors (Lipinski definition) is 9. The van der Waals surface area contributed by atoms with Crippen LogP contribution in [0.1, 0.15) is 51.4 Å². The molecule has 6 fully saturated rings. The molecule has 0 aromatic carbocycles.